The summed E-state index contributed by atoms with van der Waals surface area (Å²) in [5, 5.41) is 0.279. The Kier molecular flexibility index (Phi) is 4.09. The van der Waals surface area contributed by atoms with Gasteiger partial charge in [-0.05, 0) is 54.6 Å². The van der Waals surface area contributed by atoms with E-state index in [1.807, 2.05) is 0 Å². The third-order valence-corrected chi connectivity index (χ3v) is 4.58. The maximum absolute atomic E-state index is 13.2. The molecule has 0 saturated carbocycles. The Morgan fingerprint density at radius 3 is 2.04 bits per heavy atom. The maximum atomic E-state index is 13.2. The zero-order valence-electron chi connectivity index (χ0n) is 13.8. The van der Waals surface area contributed by atoms with E-state index in [9.17, 15) is 18.8 Å². The van der Waals surface area contributed by atoms with E-state index < -0.39 is 23.4 Å². The van der Waals surface area contributed by atoms with Crippen LogP contribution < -0.4 is 4.90 Å². The minimum Gasteiger partial charge on any atom is -0.289 e. The van der Waals surface area contributed by atoms with Gasteiger partial charge in [-0.15, -0.1) is 0 Å². The Labute approximate surface area is 158 Å². The average Bonchev–Trinajstić information content (AvgIpc) is 2.93. The van der Waals surface area contributed by atoms with Crippen LogP contribution in [-0.4, -0.2) is 17.6 Å². The largest absolute Gasteiger partial charge is 0.289 e. The molecule has 0 fully saturated rings. The number of amides is 2. The molecule has 0 N–H and O–H groups in total. The number of halogens is 2. The number of benzene rings is 3. The summed E-state index contributed by atoms with van der Waals surface area (Å²) in [6.45, 7) is 0. The highest BCUT2D eigenvalue weighted by Crippen LogP contribution is 2.33. The highest BCUT2D eigenvalue weighted by Gasteiger charge is 2.38. The lowest BCUT2D eigenvalue weighted by Gasteiger charge is -2.18. The van der Waals surface area contributed by atoms with E-state index in [2.05, 4.69) is 0 Å². The van der Waals surface area contributed by atoms with Crippen molar-refractivity contribution in [2.24, 2.45) is 0 Å². The Hall–Kier alpha value is -3.31. The number of nitrogens with zero attached hydrogens (tertiary/aromatic N) is 1. The van der Waals surface area contributed by atoms with E-state index in [4.69, 9.17) is 11.6 Å². The lowest BCUT2D eigenvalue weighted by atomic mass is 10.0. The molecule has 132 valence electrons. The van der Waals surface area contributed by atoms with Gasteiger partial charge in [0.1, 0.15) is 5.82 Å². The van der Waals surface area contributed by atoms with Gasteiger partial charge in [0.05, 0.1) is 16.8 Å². The number of imide groups is 1. The van der Waals surface area contributed by atoms with Crippen molar-refractivity contribution in [2.75, 3.05) is 4.90 Å². The average molecular weight is 380 g/mol. The van der Waals surface area contributed by atoms with Crippen molar-refractivity contribution in [1.82, 2.24) is 0 Å². The van der Waals surface area contributed by atoms with Crippen LogP contribution in [-0.2, 0) is 0 Å². The fourth-order valence-corrected chi connectivity index (χ4v) is 3.22. The van der Waals surface area contributed by atoms with E-state index >= 15 is 0 Å². The molecule has 6 heteroatoms. The number of anilines is 1. The van der Waals surface area contributed by atoms with Crippen LogP contribution in [0.2, 0.25) is 5.02 Å². The van der Waals surface area contributed by atoms with Crippen LogP contribution in [0.5, 0.6) is 0 Å². The fraction of sp³-hybridized carbons (Fsp3) is 0. The van der Waals surface area contributed by atoms with Gasteiger partial charge in [0.2, 0.25) is 0 Å². The van der Waals surface area contributed by atoms with Crippen molar-refractivity contribution >= 4 is 34.9 Å². The van der Waals surface area contributed by atoms with Crippen LogP contribution in [0, 0.1) is 5.82 Å². The molecule has 0 spiro atoms. The summed E-state index contributed by atoms with van der Waals surface area (Å²) in [5.74, 6) is -1.96. The molecule has 4 rings (SSSR count). The zero-order chi connectivity index (χ0) is 19.1. The SMILES string of the molecule is O=C(c1ccc(F)cc1)c1cc(Cl)ccc1N1C(=O)c2ccccc2C1=O. The van der Waals surface area contributed by atoms with Crippen LogP contribution in [0.1, 0.15) is 36.6 Å². The zero-order valence-corrected chi connectivity index (χ0v) is 14.5. The summed E-state index contributed by atoms with van der Waals surface area (Å²) in [7, 11) is 0. The van der Waals surface area contributed by atoms with Crippen molar-refractivity contribution in [3.05, 3.63) is 99.8 Å². The van der Waals surface area contributed by atoms with Crippen molar-refractivity contribution in [3.8, 4) is 0 Å². The third-order valence-electron chi connectivity index (χ3n) is 4.34. The lowest BCUT2D eigenvalue weighted by Crippen LogP contribution is -2.31. The Bertz CT molecular complexity index is 1070. The summed E-state index contributed by atoms with van der Waals surface area (Å²) in [6, 6.07) is 15.8. The molecule has 0 aliphatic carbocycles. The molecule has 0 bridgehead atoms. The summed E-state index contributed by atoms with van der Waals surface area (Å²) in [6.07, 6.45) is 0. The molecule has 3 aromatic rings. The van der Waals surface area contributed by atoms with Crippen LogP contribution in [0.15, 0.2) is 66.7 Å². The Morgan fingerprint density at radius 1 is 0.852 bits per heavy atom. The summed E-state index contributed by atoms with van der Waals surface area (Å²) in [5.41, 5.74) is 0.996. The molecular weight excluding hydrogens is 369 g/mol. The minimum absolute atomic E-state index is 0.0867. The molecule has 1 heterocycles. The van der Waals surface area contributed by atoms with E-state index in [0.717, 1.165) is 4.90 Å². The fourth-order valence-electron chi connectivity index (χ4n) is 3.05. The molecule has 0 radical (unpaired) electrons. The molecule has 0 atom stereocenters. The molecular formula is C21H11ClFNO3. The molecule has 1 aliphatic heterocycles. The van der Waals surface area contributed by atoms with Gasteiger partial charge in [-0.25, -0.2) is 9.29 Å². The number of ketones is 1. The van der Waals surface area contributed by atoms with Gasteiger partial charge in [0.15, 0.2) is 5.78 Å². The normalized spacial score (nSPS) is 13.0. The Balaban J connectivity index is 1.84. The predicted molar refractivity (Wildman–Crippen MR) is 98.9 cm³/mol. The van der Waals surface area contributed by atoms with Crippen molar-refractivity contribution in [1.29, 1.82) is 0 Å². The van der Waals surface area contributed by atoms with Gasteiger partial charge in [0.25, 0.3) is 11.8 Å². The first-order valence-electron chi connectivity index (χ1n) is 8.05. The lowest BCUT2D eigenvalue weighted by molar-refractivity contribution is 0.0926. The van der Waals surface area contributed by atoms with Crippen LogP contribution >= 0.6 is 11.6 Å². The van der Waals surface area contributed by atoms with Crippen molar-refractivity contribution < 1.29 is 18.8 Å². The molecule has 27 heavy (non-hydrogen) atoms. The van der Waals surface area contributed by atoms with Gasteiger partial charge in [-0.3, -0.25) is 14.4 Å². The number of carbonyl (C=O) groups is 3. The molecule has 1 aliphatic rings. The van der Waals surface area contributed by atoms with E-state index in [0.29, 0.717) is 0 Å². The summed E-state index contributed by atoms with van der Waals surface area (Å²) in [4.78, 5) is 39.4. The number of fused-ring (bicyclic) bond motifs is 1. The predicted octanol–water partition coefficient (Wildman–Crippen LogP) is 4.51. The van der Waals surface area contributed by atoms with Gasteiger partial charge in [0, 0.05) is 16.1 Å². The van der Waals surface area contributed by atoms with Gasteiger partial charge in [-0.2, -0.15) is 0 Å². The van der Waals surface area contributed by atoms with Crippen molar-refractivity contribution in [2.45, 2.75) is 0 Å². The van der Waals surface area contributed by atoms with E-state index in [1.165, 1.54) is 42.5 Å². The smallest absolute Gasteiger partial charge is 0.266 e. The minimum atomic E-state index is -0.508. The quantitative estimate of drug-likeness (QED) is 0.497. The van der Waals surface area contributed by atoms with Crippen LogP contribution in [0.25, 0.3) is 0 Å². The first-order valence-corrected chi connectivity index (χ1v) is 8.43. The highest BCUT2D eigenvalue weighted by atomic mass is 35.5. The summed E-state index contributed by atoms with van der Waals surface area (Å²) >= 11 is 6.04. The molecule has 0 unspecified atom stereocenters. The number of hydrogen-bond donors (Lipinski definition) is 0. The van der Waals surface area contributed by atoms with E-state index in [1.54, 1.807) is 24.3 Å². The molecule has 0 aromatic heterocycles. The molecule has 0 saturated heterocycles. The molecule has 2 amide bonds. The first kappa shape index (κ1) is 17.1. The number of rotatable bonds is 3. The van der Waals surface area contributed by atoms with E-state index in [-0.39, 0.29) is 33.0 Å². The van der Waals surface area contributed by atoms with Crippen molar-refractivity contribution in [3.63, 3.8) is 0 Å². The topological polar surface area (TPSA) is 54.5 Å². The van der Waals surface area contributed by atoms with Crippen LogP contribution in [0.3, 0.4) is 0 Å². The second-order valence-electron chi connectivity index (χ2n) is 5.99. The third kappa shape index (κ3) is 2.82. The second kappa shape index (κ2) is 6.45. The number of hydrogen-bond acceptors (Lipinski definition) is 3. The number of carbonyl (C=O) groups excluding carboxylic acids is 3. The Morgan fingerprint density at radius 2 is 1.44 bits per heavy atom. The van der Waals surface area contributed by atoms with Gasteiger partial charge < -0.3 is 0 Å². The van der Waals surface area contributed by atoms with Crippen LogP contribution in [0.4, 0.5) is 10.1 Å². The monoisotopic (exact) mass is 379 g/mol. The maximum Gasteiger partial charge on any atom is 0.266 e. The first-order chi connectivity index (χ1) is 13.0. The highest BCUT2D eigenvalue weighted by molar-refractivity contribution is 6.36. The van der Waals surface area contributed by atoms with Gasteiger partial charge >= 0.3 is 0 Å². The summed E-state index contributed by atoms with van der Waals surface area (Å²) < 4.78 is 13.2. The molecule has 4 nitrogen and oxygen atoms in total. The molecule has 3 aromatic carbocycles. The standard InChI is InChI=1S/C21H11ClFNO3/c22-13-7-10-18(17(11-13)19(25)12-5-8-14(23)9-6-12)24-20(26)15-3-1-2-4-16(15)21(24)27/h1-11H. The van der Waals surface area contributed by atoms with Gasteiger partial charge in [-0.1, -0.05) is 23.7 Å². The second-order valence-corrected chi connectivity index (χ2v) is 6.43.